The molecule has 21 heavy (non-hydrogen) atoms. The average Bonchev–Trinajstić information content (AvgIpc) is 2.97. The van der Waals surface area contributed by atoms with Gasteiger partial charge in [0.15, 0.2) is 0 Å². The van der Waals surface area contributed by atoms with Crippen molar-refractivity contribution in [3.63, 3.8) is 0 Å². The van der Waals surface area contributed by atoms with Crippen molar-refractivity contribution in [2.75, 3.05) is 0 Å². The smallest absolute Gasteiger partial charge is 0.341 e. The molecule has 0 aliphatic rings. The van der Waals surface area contributed by atoms with Crippen molar-refractivity contribution in [2.24, 2.45) is 5.73 Å². The molecule has 0 radical (unpaired) electrons. The Labute approximate surface area is 123 Å². The van der Waals surface area contributed by atoms with Gasteiger partial charge in [0.25, 0.3) is 0 Å². The number of nitrogens with zero attached hydrogens (tertiary/aromatic N) is 3. The third-order valence-corrected chi connectivity index (χ3v) is 3.10. The van der Waals surface area contributed by atoms with Gasteiger partial charge in [-0.2, -0.15) is 4.98 Å². The minimum atomic E-state index is -0.114. The van der Waals surface area contributed by atoms with Crippen molar-refractivity contribution < 1.29 is 4.74 Å². The molecule has 2 N–H and O–H groups in total. The summed E-state index contributed by atoms with van der Waals surface area (Å²) in [6.07, 6.45) is 1.62. The van der Waals surface area contributed by atoms with Gasteiger partial charge in [-0.3, -0.25) is 0 Å². The van der Waals surface area contributed by atoms with E-state index in [1.807, 2.05) is 61.5 Å². The molecule has 0 spiro atoms. The second kappa shape index (κ2) is 5.76. The third kappa shape index (κ3) is 2.93. The van der Waals surface area contributed by atoms with Gasteiger partial charge in [-0.05, 0) is 25.1 Å². The molecule has 0 saturated heterocycles. The lowest BCUT2D eigenvalue weighted by atomic mass is 10.1. The molecular weight excluding hydrogens is 264 g/mol. The fraction of sp³-hybridized carbons (Fsp3) is 0.125. The minimum Gasteiger partial charge on any atom is -0.423 e. The number of rotatable bonds is 4. The molecule has 1 heterocycles. The summed E-state index contributed by atoms with van der Waals surface area (Å²) >= 11 is 0. The molecule has 0 aliphatic heterocycles. The van der Waals surface area contributed by atoms with Crippen LogP contribution in [0.5, 0.6) is 11.8 Å². The van der Waals surface area contributed by atoms with E-state index >= 15 is 0 Å². The molecule has 5 nitrogen and oxygen atoms in total. The maximum Gasteiger partial charge on any atom is 0.341 e. The van der Waals surface area contributed by atoms with Crippen LogP contribution in [0.2, 0.25) is 0 Å². The molecule has 1 atom stereocenters. The van der Waals surface area contributed by atoms with Crippen LogP contribution in [0.1, 0.15) is 18.5 Å². The van der Waals surface area contributed by atoms with Crippen molar-refractivity contribution in [3.05, 3.63) is 66.5 Å². The van der Waals surface area contributed by atoms with Crippen molar-refractivity contribution in [1.82, 2.24) is 14.8 Å². The number of hydrogen-bond acceptors (Lipinski definition) is 4. The van der Waals surface area contributed by atoms with Crippen LogP contribution in [0, 0.1) is 0 Å². The van der Waals surface area contributed by atoms with Gasteiger partial charge >= 0.3 is 6.01 Å². The minimum absolute atomic E-state index is 0.114. The number of ether oxygens (including phenoxy) is 1. The SMILES string of the molecule is C[C@@H](N)c1ccccc1Oc1ncn(-c2ccccc2)n1. The average molecular weight is 280 g/mol. The van der Waals surface area contributed by atoms with Crippen molar-refractivity contribution in [1.29, 1.82) is 0 Å². The predicted molar refractivity (Wildman–Crippen MR) is 80.5 cm³/mol. The van der Waals surface area contributed by atoms with E-state index in [4.69, 9.17) is 10.5 Å². The highest BCUT2D eigenvalue weighted by Gasteiger charge is 2.11. The Kier molecular flexibility index (Phi) is 3.66. The maximum atomic E-state index is 5.94. The summed E-state index contributed by atoms with van der Waals surface area (Å²) in [5, 5.41) is 4.32. The van der Waals surface area contributed by atoms with Crippen LogP contribution in [0.3, 0.4) is 0 Å². The summed E-state index contributed by atoms with van der Waals surface area (Å²) in [5.74, 6) is 0.679. The molecule has 2 aromatic carbocycles. The number of aromatic nitrogens is 3. The van der Waals surface area contributed by atoms with Gasteiger partial charge in [-0.15, -0.1) is 5.10 Å². The maximum absolute atomic E-state index is 5.94. The standard InChI is InChI=1S/C16H16N4O/c1-12(17)14-9-5-6-10-15(14)21-16-18-11-20(19-16)13-7-3-2-4-8-13/h2-12H,17H2,1H3/t12-/m1/s1. The van der Waals surface area contributed by atoms with Crippen molar-refractivity contribution >= 4 is 0 Å². The molecule has 1 aromatic heterocycles. The zero-order valence-corrected chi connectivity index (χ0v) is 11.7. The topological polar surface area (TPSA) is 66.0 Å². The Morgan fingerprint density at radius 3 is 2.52 bits per heavy atom. The molecule has 0 fully saturated rings. The summed E-state index contributed by atoms with van der Waals surface area (Å²) in [5.41, 5.74) is 7.79. The van der Waals surface area contributed by atoms with E-state index < -0.39 is 0 Å². The van der Waals surface area contributed by atoms with Crippen LogP contribution in [-0.2, 0) is 0 Å². The number of nitrogens with two attached hydrogens (primary N) is 1. The van der Waals surface area contributed by atoms with E-state index in [2.05, 4.69) is 10.1 Å². The van der Waals surface area contributed by atoms with E-state index in [1.54, 1.807) is 11.0 Å². The number of hydrogen-bond donors (Lipinski definition) is 1. The van der Waals surface area contributed by atoms with Gasteiger partial charge in [-0.1, -0.05) is 36.4 Å². The molecule has 0 unspecified atom stereocenters. The zero-order chi connectivity index (χ0) is 14.7. The highest BCUT2D eigenvalue weighted by atomic mass is 16.5. The summed E-state index contributed by atoms with van der Waals surface area (Å²) in [7, 11) is 0. The van der Waals surface area contributed by atoms with Crippen LogP contribution in [-0.4, -0.2) is 14.8 Å². The number of benzene rings is 2. The van der Waals surface area contributed by atoms with Gasteiger partial charge in [0.1, 0.15) is 12.1 Å². The summed E-state index contributed by atoms with van der Waals surface area (Å²) < 4.78 is 7.42. The molecular formula is C16H16N4O. The highest BCUT2D eigenvalue weighted by molar-refractivity contribution is 5.37. The fourth-order valence-electron chi connectivity index (χ4n) is 2.05. The second-order valence-electron chi connectivity index (χ2n) is 4.74. The second-order valence-corrected chi connectivity index (χ2v) is 4.74. The Morgan fingerprint density at radius 1 is 1.05 bits per heavy atom. The van der Waals surface area contributed by atoms with E-state index in [-0.39, 0.29) is 6.04 Å². The van der Waals surface area contributed by atoms with Crippen LogP contribution < -0.4 is 10.5 Å². The molecule has 3 aromatic rings. The predicted octanol–water partition coefficient (Wildman–Crippen LogP) is 3.08. The van der Waals surface area contributed by atoms with E-state index in [9.17, 15) is 0 Å². The van der Waals surface area contributed by atoms with Gasteiger partial charge in [0.2, 0.25) is 0 Å². The van der Waals surface area contributed by atoms with Crippen LogP contribution >= 0.6 is 0 Å². The molecule has 0 bridgehead atoms. The molecule has 5 heteroatoms. The van der Waals surface area contributed by atoms with Crippen molar-refractivity contribution in [3.8, 4) is 17.4 Å². The Hall–Kier alpha value is -2.66. The van der Waals surface area contributed by atoms with Gasteiger partial charge in [-0.25, -0.2) is 4.68 Å². The van der Waals surface area contributed by atoms with Gasteiger partial charge < -0.3 is 10.5 Å². The monoisotopic (exact) mass is 280 g/mol. The summed E-state index contributed by atoms with van der Waals surface area (Å²) in [6, 6.07) is 17.6. The molecule has 106 valence electrons. The number of para-hydroxylation sites is 2. The fourth-order valence-corrected chi connectivity index (χ4v) is 2.05. The van der Waals surface area contributed by atoms with E-state index in [0.717, 1.165) is 11.3 Å². The molecule has 3 rings (SSSR count). The molecule has 0 amide bonds. The Bertz CT molecular complexity index is 722. The third-order valence-electron chi connectivity index (χ3n) is 3.10. The molecule has 0 aliphatic carbocycles. The van der Waals surface area contributed by atoms with E-state index in [1.165, 1.54) is 0 Å². The Balaban J connectivity index is 1.86. The first-order valence-corrected chi connectivity index (χ1v) is 6.73. The normalized spacial score (nSPS) is 12.1. The van der Waals surface area contributed by atoms with E-state index in [0.29, 0.717) is 11.8 Å². The van der Waals surface area contributed by atoms with Gasteiger partial charge in [0, 0.05) is 11.6 Å². The first-order valence-electron chi connectivity index (χ1n) is 6.73. The largest absolute Gasteiger partial charge is 0.423 e. The van der Waals surface area contributed by atoms with Crippen LogP contribution in [0.4, 0.5) is 0 Å². The zero-order valence-electron chi connectivity index (χ0n) is 11.7. The lowest BCUT2D eigenvalue weighted by Crippen LogP contribution is -2.06. The molecule has 0 saturated carbocycles. The van der Waals surface area contributed by atoms with Crippen LogP contribution in [0.25, 0.3) is 5.69 Å². The summed E-state index contributed by atoms with van der Waals surface area (Å²) in [6.45, 7) is 1.91. The van der Waals surface area contributed by atoms with Gasteiger partial charge in [0.05, 0.1) is 5.69 Å². The van der Waals surface area contributed by atoms with Crippen LogP contribution in [0.15, 0.2) is 60.9 Å². The lowest BCUT2D eigenvalue weighted by molar-refractivity contribution is 0.433. The highest BCUT2D eigenvalue weighted by Crippen LogP contribution is 2.26. The first kappa shape index (κ1) is 13.3. The lowest BCUT2D eigenvalue weighted by Gasteiger charge is -2.11. The quantitative estimate of drug-likeness (QED) is 0.797. The summed E-state index contributed by atoms with van der Waals surface area (Å²) in [4.78, 5) is 4.18. The first-order chi connectivity index (χ1) is 10.2. The Morgan fingerprint density at radius 2 is 1.76 bits per heavy atom. The van der Waals surface area contributed by atoms with Crippen molar-refractivity contribution in [2.45, 2.75) is 13.0 Å².